The monoisotopic (exact) mass is 185 g/mol. The fourth-order valence-electron chi connectivity index (χ4n) is 2.14. The van der Waals surface area contributed by atoms with E-state index in [4.69, 9.17) is 0 Å². The van der Waals surface area contributed by atoms with Gasteiger partial charge in [0, 0.05) is 6.04 Å². The van der Waals surface area contributed by atoms with Crippen LogP contribution < -0.4 is 0 Å². The fraction of sp³-hybridized carbons (Fsp3) is 1.00. The number of nitrogens with zero attached hydrogens (tertiary/aromatic N) is 1. The van der Waals surface area contributed by atoms with E-state index >= 15 is 0 Å². The smallest absolute Gasteiger partial charge is 0.0791 e. The van der Waals surface area contributed by atoms with Crippen LogP contribution in [0.5, 0.6) is 0 Å². The van der Waals surface area contributed by atoms with E-state index in [2.05, 4.69) is 18.4 Å². The Morgan fingerprint density at radius 3 is 2.42 bits per heavy atom. The summed E-state index contributed by atoms with van der Waals surface area (Å²) in [6.07, 6.45) is 8.67. The summed E-state index contributed by atoms with van der Waals surface area (Å²) < 4.78 is 2.72. The minimum Gasteiger partial charge on any atom is -0.327 e. The lowest BCUT2D eigenvalue weighted by molar-refractivity contribution is 0.214. The molecule has 1 nitrogen and oxygen atoms in total. The first-order valence-electron chi connectivity index (χ1n) is 5.47. The second kappa shape index (κ2) is 5.03. The van der Waals surface area contributed by atoms with Gasteiger partial charge in [0.05, 0.1) is 10.4 Å². The summed E-state index contributed by atoms with van der Waals surface area (Å²) in [6, 6.07) is 1.78. The number of hydrogen-bond donors (Lipinski definition) is 0. The molecule has 0 radical (unpaired) electrons. The van der Waals surface area contributed by atoms with Gasteiger partial charge in [0.1, 0.15) is 0 Å². The maximum absolute atomic E-state index is 2.72. The average molecular weight is 185 g/mol. The van der Waals surface area contributed by atoms with Crippen molar-refractivity contribution in [2.75, 3.05) is 0 Å². The van der Waals surface area contributed by atoms with Gasteiger partial charge in [-0.05, 0) is 25.3 Å². The molecule has 0 saturated heterocycles. The van der Waals surface area contributed by atoms with Gasteiger partial charge >= 0.3 is 0 Å². The zero-order chi connectivity index (χ0) is 8.97. The Morgan fingerprint density at radius 2 is 1.92 bits per heavy atom. The predicted molar refractivity (Wildman–Crippen MR) is 58.4 cm³/mol. The molecular formula is C10H23NSi. The van der Waals surface area contributed by atoms with Gasteiger partial charge < -0.3 is 4.57 Å². The van der Waals surface area contributed by atoms with Gasteiger partial charge in [-0.2, -0.15) is 0 Å². The van der Waals surface area contributed by atoms with E-state index in [1.807, 2.05) is 0 Å². The highest BCUT2D eigenvalue weighted by Crippen LogP contribution is 2.23. The highest BCUT2D eigenvalue weighted by Gasteiger charge is 2.19. The Bertz CT molecular complexity index is 121. The lowest BCUT2D eigenvalue weighted by atomic mass is 9.95. The van der Waals surface area contributed by atoms with Crippen LogP contribution in [0.4, 0.5) is 0 Å². The van der Waals surface area contributed by atoms with E-state index in [9.17, 15) is 0 Å². The molecule has 0 aromatic heterocycles. The standard InChI is InChI=1S/C10H23NSi/c1-3-9(2)11(12)10-7-5-4-6-8-10/h9-10H,3-8H2,1-2,12H3. The second-order valence-electron chi connectivity index (χ2n) is 4.21. The van der Waals surface area contributed by atoms with E-state index in [-0.39, 0.29) is 0 Å². The minimum absolute atomic E-state index is 0.833. The molecule has 0 aromatic carbocycles. The Hall–Kier alpha value is 0.177. The average Bonchev–Trinajstić information content (AvgIpc) is 2.17. The van der Waals surface area contributed by atoms with E-state index < -0.39 is 0 Å². The van der Waals surface area contributed by atoms with Crippen LogP contribution in [0, 0.1) is 0 Å². The Kier molecular flexibility index (Phi) is 4.30. The maximum atomic E-state index is 2.72. The van der Waals surface area contributed by atoms with Crippen molar-refractivity contribution in [2.45, 2.75) is 64.5 Å². The van der Waals surface area contributed by atoms with Crippen LogP contribution in [0.2, 0.25) is 0 Å². The first-order chi connectivity index (χ1) is 5.75. The highest BCUT2D eigenvalue weighted by molar-refractivity contribution is 6.04. The molecule has 1 aliphatic rings. The summed E-state index contributed by atoms with van der Waals surface area (Å²) in [5.41, 5.74) is 0. The van der Waals surface area contributed by atoms with Crippen molar-refractivity contribution in [3.05, 3.63) is 0 Å². The molecule has 2 heteroatoms. The molecule has 1 saturated carbocycles. The molecule has 1 rings (SSSR count). The second-order valence-corrected chi connectivity index (χ2v) is 5.25. The van der Waals surface area contributed by atoms with Gasteiger partial charge in [-0.1, -0.05) is 33.1 Å². The largest absolute Gasteiger partial charge is 0.327 e. The molecule has 0 bridgehead atoms. The molecule has 72 valence electrons. The predicted octanol–water partition coefficient (Wildman–Crippen LogP) is 1.70. The molecule has 1 fully saturated rings. The summed E-state index contributed by atoms with van der Waals surface area (Å²) in [6.45, 7) is 4.68. The van der Waals surface area contributed by atoms with Crippen LogP contribution in [0.15, 0.2) is 0 Å². The van der Waals surface area contributed by atoms with Crippen molar-refractivity contribution in [1.82, 2.24) is 4.57 Å². The van der Waals surface area contributed by atoms with Crippen LogP contribution in [-0.4, -0.2) is 27.1 Å². The zero-order valence-electron chi connectivity index (χ0n) is 8.84. The Morgan fingerprint density at radius 1 is 1.33 bits per heavy atom. The van der Waals surface area contributed by atoms with Gasteiger partial charge in [-0.3, -0.25) is 0 Å². The highest BCUT2D eigenvalue weighted by atomic mass is 28.2. The summed E-state index contributed by atoms with van der Waals surface area (Å²) in [5, 5.41) is 0. The van der Waals surface area contributed by atoms with Crippen molar-refractivity contribution in [3.8, 4) is 0 Å². The Balaban J connectivity index is 2.33. The van der Waals surface area contributed by atoms with Crippen molar-refractivity contribution in [2.24, 2.45) is 0 Å². The molecule has 0 heterocycles. The van der Waals surface area contributed by atoms with Crippen LogP contribution in [0.25, 0.3) is 0 Å². The van der Waals surface area contributed by atoms with Crippen LogP contribution in [-0.2, 0) is 0 Å². The third-order valence-electron chi connectivity index (χ3n) is 3.44. The van der Waals surface area contributed by atoms with Gasteiger partial charge in [0.25, 0.3) is 0 Å². The van der Waals surface area contributed by atoms with Gasteiger partial charge in [-0.25, -0.2) is 0 Å². The summed E-state index contributed by atoms with van der Waals surface area (Å²) in [5.74, 6) is 0. The maximum Gasteiger partial charge on any atom is 0.0791 e. The first-order valence-corrected chi connectivity index (χ1v) is 6.37. The normalized spacial score (nSPS) is 23.2. The Labute approximate surface area is 80.0 Å². The molecule has 1 unspecified atom stereocenters. The molecule has 12 heavy (non-hydrogen) atoms. The molecule has 0 aromatic rings. The van der Waals surface area contributed by atoms with Crippen molar-refractivity contribution < 1.29 is 0 Å². The van der Waals surface area contributed by atoms with Crippen molar-refractivity contribution in [1.29, 1.82) is 0 Å². The topological polar surface area (TPSA) is 3.24 Å². The van der Waals surface area contributed by atoms with Crippen LogP contribution in [0.1, 0.15) is 52.4 Å². The summed E-state index contributed by atoms with van der Waals surface area (Å²) in [4.78, 5) is 0. The van der Waals surface area contributed by atoms with E-state index in [0.717, 1.165) is 12.1 Å². The van der Waals surface area contributed by atoms with Crippen LogP contribution in [0.3, 0.4) is 0 Å². The lowest BCUT2D eigenvalue weighted by Crippen LogP contribution is -2.40. The van der Waals surface area contributed by atoms with Gasteiger partial charge in [0.15, 0.2) is 0 Å². The first kappa shape index (κ1) is 10.3. The third kappa shape index (κ3) is 2.59. The lowest BCUT2D eigenvalue weighted by Gasteiger charge is -2.35. The fourth-order valence-corrected chi connectivity index (χ4v) is 3.02. The van der Waals surface area contributed by atoms with Gasteiger partial charge in [0.2, 0.25) is 0 Å². The van der Waals surface area contributed by atoms with Gasteiger partial charge in [-0.15, -0.1) is 0 Å². The van der Waals surface area contributed by atoms with E-state index in [0.29, 0.717) is 0 Å². The van der Waals surface area contributed by atoms with Crippen molar-refractivity contribution in [3.63, 3.8) is 0 Å². The molecule has 1 atom stereocenters. The zero-order valence-corrected chi connectivity index (χ0v) is 10.8. The number of hydrogen-bond acceptors (Lipinski definition) is 1. The molecule has 1 aliphatic carbocycles. The molecule has 0 N–H and O–H groups in total. The van der Waals surface area contributed by atoms with Crippen LogP contribution >= 0.6 is 0 Å². The molecule has 0 aliphatic heterocycles. The van der Waals surface area contributed by atoms with Crippen molar-refractivity contribution >= 4 is 10.4 Å². The summed E-state index contributed by atoms with van der Waals surface area (Å²) >= 11 is 0. The molecule has 0 amide bonds. The minimum atomic E-state index is 0.833. The van der Waals surface area contributed by atoms with E-state index in [1.165, 1.54) is 48.9 Å². The third-order valence-corrected chi connectivity index (χ3v) is 5.05. The summed E-state index contributed by atoms with van der Waals surface area (Å²) in [7, 11) is 1.26. The molecular weight excluding hydrogens is 162 g/mol. The number of rotatable bonds is 3. The molecule has 0 spiro atoms. The van der Waals surface area contributed by atoms with E-state index in [1.54, 1.807) is 0 Å². The SMILES string of the molecule is CCC(C)N([SiH3])C1CCCCC1. The quantitative estimate of drug-likeness (QED) is 0.605.